The number of imidazole rings is 1. The van der Waals surface area contributed by atoms with Gasteiger partial charge in [0.05, 0.1) is 11.0 Å². The number of para-hydroxylation sites is 2. The predicted molar refractivity (Wildman–Crippen MR) is 81.2 cm³/mol. The molecular weight excluding hydrogens is 288 g/mol. The highest BCUT2D eigenvalue weighted by molar-refractivity contribution is 9.09. The van der Waals surface area contributed by atoms with E-state index in [0.29, 0.717) is 11.8 Å². The van der Waals surface area contributed by atoms with Crippen LogP contribution in [0.4, 0.5) is 0 Å². The van der Waals surface area contributed by atoms with Crippen LogP contribution in [0.5, 0.6) is 0 Å². The summed E-state index contributed by atoms with van der Waals surface area (Å²) in [6.07, 6.45) is 0.988. The molecule has 0 aliphatic carbocycles. The molecule has 0 spiro atoms. The topological polar surface area (TPSA) is 17.8 Å². The lowest BCUT2D eigenvalue weighted by atomic mass is 9.98. The number of rotatable bonds is 5. The molecule has 1 aromatic heterocycles. The highest BCUT2D eigenvalue weighted by atomic mass is 79.9. The Morgan fingerprint density at radius 1 is 1.28 bits per heavy atom. The molecule has 1 aromatic carbocycles. The number of hydrogen-bond donors (Lipinski definition) is 0. The van der Waals surface area contributed by atoms with Crippen molar-refractivity contribution in [1.29, 1.82) is 0 Å². The molecule has 1 unspecified atom stereocenters. The van der Waals surface area contributed by atoms with E-state index >= 15 is 0 Å². The Morgan fingerprint density at radius 3 is 2.61 bits per heavy atom. The zero-order valence-electron chi connectivity index (χ0n) is 11.4. The van der Waals surface area contributed by atoms with E-state index in [9.17, 15) is 0 Å². The van der Waals surface area contributed by atoms with Crippen molar-refractivity contribution in [3.8, 4) is 0 Å². The van der Waals surface area contributed by atoms with Crippen LogP contribution in [0.2, 0.25) is 0 Å². The zero-order chi connectivity index (χ0) is 13.1. The second kappa shape index (κ2) is 5.87. The summed E-state index contributed by atoms with van der Waals surface area (Å²) in [5, 5.41) is 1.04. The Morgan fingerprint density at radius 2 is 2.00 bits per heavy atom. The van der Waals surface area contributed by atoms with Crippen LogP contribution in [0.25, 0.3) is 11.0 Å². The normalized spacial score (nSPS) is 13.4. The summed E-state index contributed by atoms with van der Waals surface area (Å²) in [5.41, 5.74) is 2.38. The number of fused-ring (bicyclic) bond motifs is 1. The first-order chi connectivity index (χ1) is 8.67. The molecule has 2 rings (SSSR count). The molecule has 18 heavy (non-hydrogen) atoms. The Kier molecular flexibility index (Phi) is 4.44. The van der Waals surface area contributed by atoms with Gasteiger partial charge < -0.3 is 4.57 Å². The van der Waals surface area contributed by atoms with E-state index in [4.69, 9.17) is 4.98 Å². The molecule has 3 heteroatoms. The lowest BCUT2D eigenvalue weighted by molar-refractivity contribution is 0.373. The van der Waals surface area contributed by atoms with Gasteiger partial charge in [-0.3, -0.25) is 0 Å². The summed E-state index contributed by atoms with van der Waals surface area (Å²) in [4.78, 5) is 4.73. The van der Waals surface area contributed by atoms with E-state index in [2.05, 4.69) is 65.5 Å². The van der Waals surface area contributed by atoms with Crippen LogP contribution in [0.3, 0.4) is 0 Å². The van der Waals surface area contributed by atoms with Crippen molar-refractivity contribution in [3.05, 3.63) is 30.1 Å². The first-order valence-electron chi connectivity index (χ1n) is 6.67. The standard InChI is InChI=1S/C15H21BrN2/c1-4-15-17-13-7-5-6-8-14(13)18(15)10-12(9-16)11(2)3/h5-8,11-12H,4,9-10H2,1-3H3. The first-order valence-corrected chi connectivity index (χ1v) is 7.79. The quantitative estimate of drug-likeness (QED) is 0.754. The van der Waals surface area contributed by atoms with Gasteiger partial charge in [0.1, 0.15) is 5.82 Å². The van der Waals surface area contributed by atoms with Gasteiger partial charge in [-0.05, 0) is 24.0 Å². The van der Waals surface area contributed by atoms with Gasteiger partial charge in [-0.25, -0.2) is 4.98 Å². The van der Waals surface area contributed by atoms with Crippen LogP contribution < -0.4 is 0 Å². The number of halogens is 1. The van der Waals surface area contributed by atoms with E-state index in [1.54, 1.807) is 0 Å². The predicted octanol–water partition coefficient (Wildman–Crippen LogP) is 4.27. The van der Waals surface area contributed by atoms with Crippen molar-refractivity contribution >= 4 is 27.0 Å². The minimum Gasteiger partial charge on any atom is -0.328 e. The number of aromatic nitrogens is 2. The lowest BCUT2D eigenvalue weighted by Crippen LogP contribution is -2.19. The molecule has 0 saturated carbocycles. The Balaban J connectivity index is 2.41. The summed E-state index contributed by atoms with van der Waals surface area (Å²) < 4.78 is 2.39. The maximum Gasteiger partial charge on any atom is 0.109 e. The lowest BCUT2D eigenvalue weighted by Gasteiger charge is -2.20. The van der Waals surface area contributed by atoms with Gasteiger partial charge in [0.2, 0.25) is 0 Å². The van der Waals surface area contributed by atoms with E-state index in [1.165, 1.54) is 11.3 Å². The van der Waals surface area contributed by atoms with Gasteiger partial charge >= 0.3 is 0 Å². The van der Waals surface area contributed by atoms with E-state index in [-0.39, 0.29) is 0 Å². The third kappa shape index (κ3) is 2.61. The molecule has 0 bridgehead atoms. The van der Waals surface area contributed by atoms with Gasteiger partial charge in [-0.1, -0.05) is 48.8 Å². The van der Waals surface area contributed by atoms with Crippen molar-refractivity contribution in [2.45, 2.75) is 33.7 Å². The molecule has 1 atom stereocenters. The van der Waals surface area contributed by atoms with Gasteiger partial charge in [-0.15, -0.1) is 0 Å². The second-order valence-corrected chi connectivity index (χ2v) is 5.79. The average molecular weight is 309 g/mol. The number of alkyl halides is 1. The van der Waals surface area contributed by atoms with Gasteiger partial charge in [0.25, 0.3) is 0 Å². The third-order valence-corrected chi connectivity index (χ3v) is 4.44. The number of nitrogens with zero attached hydrogens (tertiary/aromatic N) is 2. The fraction of sp³-hybridized carbons (Fsp3) is 0.533. The van der Waals surface area contributed by atoms with Crippen LogP contribution in [-0.4, -0.2) is 14.9 Å². The summed E-state index contributed by atoms with van der Waals surface area (Å²) in [6, 6.07) is 8.43. The molecule has 2 nitrogen and oxygen atoms in total. The van der Waals surface area contributed by atoms with Crippen LogP contribution in [0, 0.1) is 11.8 Å². The summed E-state index contributed by atoms with van der Waals surface area (Å²) in [6.45, 7) is 7.80. The van der Waals surface area contributed by atoms with Crippen LogP contribution in [0.1, 0.15) is 26.6 Å². The molecule has 0 amide bonds. The second-order valence-electron chi connectivity index (χ2n) is 5.14. The van der Waals surface area contributed by atoms with Crippen molar-refractivity contribution in [2.24, 2.45) is 11.8 Å². The van der Waals surface area contributed by atoms with E-state index in [0.717, 1.165) is 23.8 Å². The smallest absolute Gasteiger partial charge is 0.109 e. The minimum absolute atomic E-state index is 0.646. The molecule has 0 radical (unpaired) electrons. The molecule has 1 heterocycles. The van der Waals surface area contributed by atoms with Crippen LogP contribution >= 0.6 is 15.9 Å². The summed E-state index contributed by atoms with van der Waals surface area (Å²) in [5.74, 6) is 2.52. The average Bonchev–Trinajstić information content (AvgIpc) is 2.73. The van der Waals surface area contributed by atoms with Crippen molar-refractivity contribution < 1.29 is 0 Å². The maximum atomic E-state index is 4.73. The minimum atomic E-state index is 0.646. The third-order valence-electron chi connectivity index (χ3n) is 3.61. The monoisotopic (exact) mass is 308 g/mol. The highest BCUT2D eigenvalue weighted by Crippen LogP contribution is 2.22. The molecule has 0 aliphatic rings. The molecule has 0 aliphatic heterocycles. The highest BCUT2D eigenvalue weighted by Gasteiger charge is 2.16. The molecule has 0 N–H and O–H groups in total. The number of benzene rings is 1. The Labute approximate surface area is 118 Å². The summed E-state index contributed by atoms with van der Waals surface area (Å²) in [7, 11) is 0. The number of hydrogen-bond acceptors (Lipinski definition) is 1. The fourth-order valence-electron chi connectivity index (χ4n) is 2.27. The largest absolute Gasteiger partial charge is 0.328 e. The van der Waals surface area contributed by atoms with Gasteiger partial charge in [0.15, 0.2) is 0 Å². The van der Waals surface area contributed by atoms with Crippen molar-refractivity contribution in [3.63, 3.8) is 0 Å². The van der Waals surface area contributed by atoms with Crippen molar-refractivity contribution in [1.82, 2.24) is 9.55 Å². The Hall–Kier alpha value is -0.830. The zero-order valence-corrected chi connectivity index (χ0v) is 12.9. The summed E-state index contributed by atoms with van der Waals surface area (Å²) >= 11 is 3.64. The van der Waals surface area contributed by atoms with Crippen LogP contribution in [0.15, 0.2) is 24.3 Å². The molecular formula is C15H21BrN2. The number of aryl methyl sites for hydroxylation is 1. The van der Waals surface area contributed by atoms with Gasteiger partial charge in [-0.2, -0.15) is 0 Å². The molecule has 98 valence electrons. The van der Waals surface area contributed by atoms with Crippen LogP contribution in [-0.2, 0) is 13.0 Å². The maximum absolute atomic E-state index is 4.73. The molecule has 0 fully saturated rings. The van der Waals surface area contributed by atoms with E-state index < -0.39 is 0 Å². The SMILES string of the molecule is CCc1nc2ccccc2n1CC(CBr)C(C)C. The van der Waals surface area contributed by atoms with Gasteiger partial charge in [0, 0.05) is 18.3 Å². The molecule has 2 aromatic rings. The molecule has 0 saturated heterocycles. The van der Waals surface area contributed by atoms with E-state index in [1.807, 2.05) is 0 Å². The first kappa shape index (κ1) is 13.6. The van der Waals surface area contributed by atoms with Crippen molar-refractivity contribution in [2.75, 3.05) is 5.33 Å². The Bertz CT molecular complexity index is 516. The fourth-order valence-corrected chi connectivity index (χ4v) is 3.22.